The molecule has 21 heavy (non-hydrogen) atoms. The quantitative estimate of drug-likeness (QED) is 0.366. The molecule has 5 heteroatoms. The van der Waals surface area contributed by atoms with Crippen LogP contribution < -0.4 is 10.2 Å². The lowest BCUT2D eigenvalue weighted by atomic mass is 10.2. The highest BCUT2D eigenvalue weighted by atomic mass is 127. The summed E-state index contributed by atoms with van der Waals surface area (Å²) in [6.45, 7) is 7.31. The summed E-state index contributed by atoms with van der Waals surface area (Å²) >= 11 is 0. The minimum absolute atomic E-state index is 0. The summed E-state index contributed by atoms with van der Waals surface area (Å²) in [6.07, 6.45) is 5.29. The first-order chi connectivity index (χ1) is 9.85. The van der Waals surface area contributed by atoms with Crippen LogP contribution in [-0.4, -0.2) is 50.1 Å². The fourth-order valence-corrected chi connectivity index (χ4v) is 2.36. The smallest absolute Gasteiger partial charge is 0.195 e. The topological polar surface area (TPSA) is 30.9 Å². The fourth-order valence-electron chi connectivity index (χ4n) is 2.36. The molecule has 4 nitrogen and oxygen atoms in total. The van der Waals surface area contributed by atoms with Gasteiger partial charge in [-0.3, -0.25) is 0 Å². The van der Waals surface area contributed by atoms with Crippen LogP contribution in [0.3, 0.4) is 0 Å². The SMILES string of the molecule is C#CCN=C(NCC)N1CCN(c2ccccc2)CC1.I. The predicted molar refractivity (Wildman–Crippen MR) is 100 cm³/mol. The molecule has 0 aliphatic carbocycles. The second-order valence-electron chi connectivity index (χ2n) is 4.68. The van der Waals surface area contributed by atoms with Gasteiger partial charge >= 0.3 is 0 Å². The number of benzene rings is 1. The predicted octanol–water partition coefficient (Wildman–Crippen LogP) is 2.03. The van der Waals surface area contributed by atoms with Crippen molar-refractivity contribution in [2.45, 2.75) is 6.92 Å². The molecule has 1 aliphatic rings. The van der Waals surface area contributed by atoms with Crippen LogP contribution in [0.15, 0.2) is 35.3 Å². The molecule has 0 bridgehead atoms. The van der Waals surface area contributed by atoms with Gasteiger partial charge in [-0.05, 0) is 19.1 Å². The van der Waals surface area contributed by atoms with Crippen molar-refractivity contribution in [3.05, 3.63) is 30.3 Å². The van der Waals surface area contributed by atoms with Gasteiger partial charge in [0.25, 0.3) is 0 Å². The summed E-state index contributed by atoms with van der Waals surface area (Å²) in [5.41, 5.74) is 1.29. The number of terminal acetylenes is 1. The van der Waals surface area contributed by atoms with E-state index >= 15 is 0 Å². The number of anilines is 1. The van der Waals surface area contributed by atoms with Gasteiger partial charge in [-0.25, -0.2) is 4.99 Å². The molecule has 0 amide bonds. The number of guanidine groups is 1. The number of piperazine rings is 1. The van der Waals surface area contributed by atoms with Crippen LogP contribution >= 0.6 is 24.0 Å². The minimum Gasteiger partial charge on any atom is -0.368 e. The Balaban J connectivity index is 0.00000220. The van der Waals surface area contributed by atoms with Crippen molar-refractivity contribution in [2.24, 2.45) is 4.99 Å². The second kappa shape index (κ2) is 9.50. The van der Waals surface area contributed by atoms with Gasteiger partial charge in [-0.2, -0.15) is 0 Å². The lowest BCUT2D eigenvalue weighted by Crippen LogP contribution is -2.52. The molecule has 1 fully saturated rings. The third-order valence-electron chi connectivity index (χ3n) is 3.36. The highest BCUT2D eigenvalue weighted by Crippen LogP contribution is 2.15. The number of aliphatic imine (C=N–C) groups is 1. The number of hydrogen-bond donors (Lipinski definition) is 1. The molecule has 1 aromatic rings. The first-order valence-corrected chi connectivity index (χ1v) is 7.12. The first kappa shape index (κ1) is 17.6. The highest BCUT2D eigenvalue weighted by Gasteiger charge is 2.19. The van der Waals surface area contributed by atoms with Crippen LogP contribution in [0.5, 0.6) is 0 Å². The van der Waals surface area contributed by atoms with E-state index in [-0.39, 0.29) is 24.0 Å². The molecule has 1 saturated heterocycles. The zero-order valence-corrected chi connectivity index (χ0v) is 14.8. The molecule has 0 spiro atoms. The Labute approximate surface area is 144 Å². The number of halogens is 1. The maximum absolute atomic E-state index is 5.29. The van der Waals surface area contributed by atoms with Gasteiger partial charge in [-0.15, -0.1) is 30.4 Å². The Kier molecular flexibility index (Phi) is 7.98. The molecule has 0 aromatic heterocycles. The maximum atomic E-state index is 5.29. The summed E-state index contributed by atoms with van der Waals surface area (Å²) in [6, 6.07) is 10.5. The van der Waals surface area contributed by atoms with Gasteiger partial charge in [0.2, 0.25) is 0 Å². The van der Waals surface area contributed by atoms with Crippen molar-refractivity contribution in [2.75, 3.05) is 44.2 Å². The molecular weight excluding hydrogens is 375 g/mol. The van der Waals surface area contributed by atoms with Crippen molar-refractivity contribution >= 4 is 35.6 Å². The van der Waals surface area contributed by atoms with Crippen LogP contribution in [0, 0.1) is 12.3 Å². The zero-order valence-electron chi connectivity index (χ0n) is 12.5. The Bertz CT molecular complexity index is 473. The summed E-state index contributed by atoms with van der Waals surface area (Å²) in [7, 11) is 0. The normalized spacial score (nSPS) is 15.1. The van der Waals surface area contributed by atoms with Crippen molar-refractivity contribution < 1.29 is 0 Å². The van der Waals surface area contributed by atoms with E-state index in [0.29, 0.717) is 6.54 Å². The molecular formula is C16H23IN4. The van der Waals surface area contributed by atoms with E-state index in [1.165, 1.54) is 5.69 Å². The number of hydrogen-bond acceptors (Lipinski definition) is 2. The Morgan fingerprint density at radius 2 is 1.90 bits per heavy atom. The van der Waals surface area contributed by atoms with Crippen LogP contribution in [0.25, 0.3) is 0 Å². The third kappa shape index (κ3) is 5.12. The molecule has 0 atom stereocenters. The monoisotopic (exact) mass is 398 g/mol. The zero-order chi connectivity index (χ0) is 14.2. The van der Waals surface area contributed by atoms with Crippen LogP contribution in [0.4, 0.5) is 5.69 Å². The van der Waals surface area contributed by atoms with Crippen molar-refractivity contribution in [1.29, 1.82) is 0 Å². The van der Waals surface area contributed by atoms with Crippen LogP contribution in [0.1, 0.15) is 6.92 Å². The number of rotatable bonds is 3. The number of para-hydroxylation sites is 1. The van der Waals surface area contributed by atoms with Gasteiger partial charge in [0.15, 0.2) is 5.96 Å². The molecule has 114 valence electrons. The number of nitrogens with zero attached hydrogens (tertiary/aromatic N) is 3. The summed E-state index contributed by atoms with van der Waals surface area (Å²) in [4.78, 5) is 9.11. The lowest BCUT2D eigenvalue weighted by molar-refractivity contribution is 0.373. The molecule has 1 aromatic carbocycles. The molecule has 0 radical (unpaired) electrons. The van der Waals surface area contributed by atoms with E-state index in [0.717, 1.165) is 38.7 Å². The lowest BCUT2D eigenvalue weighted by Gasteiger charge is -2.37. The average Bonchev–Trinajstić information content (AvgIpc) is 2.52. The Morgan fingerprint density at radius 3 is 2.48 bits per heavy atom. The van der Waals surface area contributed by atoms with Gasteiger partial charge in [0.05, 0.1) is 0 Å². The van der Waals surface area contributed by atoms with E-state index in [9.17, 15) is 0 Å². The van der Waals surface area contributed by atoms with Crippen molar-refractivity contribution in [3.63, 3.8) is 0 Å². The van der Waals surface area contributed by atoms with E-state index < -0.39 is 0 Å². The van der Waals surface area contributed by atoms with E-state index in [1.54, 1.807) is 0 Å². The Morgan fingerprint density at radius 1 is 1.24 bits per heavy atom. The van der Waals surface area contributed by atoms with Gasteiger partial charge in [-0.1, -0.05) is 24.1 Å². The van der Waals surface area contributed by atoms with E-state index in [1.807, 2.05) is 0 Å². The first-order valence-electron chi connectivity index (χ1n) is 7.12. The molecule has 2 rings (SSSR count). The molecule has 1 heterocycles. The minimum atomic E-state index is 0. The van der Waals surface area contributed by atoms with E-state index in [4.69, 9.17) is 6.42 Å². The van der Waals surface area contributed by atoms with Gasteiger partial charge in [0.1, 0.15) is 6.54 Å². The third-order valence-corrected chi connectivity index (χ3v) is 3.36. The summed E-state index contributed by atoms with van der Waals surface area (Å²) < 4.78 is 0. The van der Waals surface area contributed by atoms with Crippen LogP contribution in [-0.2, 0) is 0 Å². The van der Waals surface area contributed by atoms with Gasteiger partial charge in [0, 0.05) is 38.4 Å². The van der Waals surface area contributed by atoms with Crippen molar-refractivity contribution in [1.82, 2.24) is 10.2 Å². The molecule has 1 aliphatic heterocycles. The second-order valence-corrected chi connectivity index (χ2v) is 4.68. The maximum Gasteiger partial charge on any atom is 0.195 e. The summed E-state index contributed by atoms with van der Waals surface area (Å²) in [5.74, 6) is 3.49. The molecule has 0 unspecified atom stereocenters. The largest absolute Gasteiger partial charge is 0.368 e. The molecule has 1 N–H and O–H groups in total. The van der Waals surface area contributed by atoms with Crippen LogP contribution in [0.2, 0.25) is 0 Å². The molecule has 0 saturated carbocycles. The standard InChI is InChI=1S/C16H22N4.HI/c1-3-10-18-16(17-4-2)20-13-11-19(12-14-20)15-8-6-5-7-9-15;/h1,5-9H,4,10-14H2,2H3,(H,17,18);1H. The van der Waals surface area contributed by atoms with Crippen molar-refractivity contribution in [3.8, 4) is 12.3 Å². The number of nitrogens with one attached hydrogen (secondary N) is 1. The summed E-state index contributed by atoms with van der Waals surface area (Å²) in [5, 5.41) is 3.30. The average molecular weight is 398 g/mol. The highest BCUT2D eigenvalue weighted by molar-refractivity contribution is 14.0. The van der Waals surface area contributed by atoms with Gasteiger partial charge < -0.3 is 15.1 Å². The van der Waals surface area contributed by atoms with E-state index in [2.05, 4.69) is 63.3 Å². The fraction of sp³-hybridized carbons (Fsp3) is 0.438. The Hall–Kier alpha value is -1.42.